The molecule has 0 saturated heterocycles. The number of rotatable bonds is 4. The molecular formula is C27H21N7O. The first-order valence-corrected chi connectivity index (χ1v) is 11.2. The summed E-state index contributed by atoms with van der Waals surface area (Å²) in [5, 5.41) is 0. The third-order valence-electron chi connectivity index (χ3n) is 6.05. The van der Waals surface area contributed by atoms with Crippen molar-refractivity contribution < 1.29 is 0 Å². The van der Waals surface area contributed by atoms with Gasteiger partial charge in [0.2, 0.25) is 0 Å². The zero-order chi connectivity index (χ0) is 23.9. The number of hydrogen-bond acceptors (Lipinski definition) is 5. The van der Waals surface area contributed by atoms with Gasteiger partial charge in [-0.05, 0) is 37.3 Å². The Labute approximate surface area is 200 Å². The minimum atomic E-state index is -0.133. The maximum Gasteiger partial charge on any atom is 0.333 e. The lowest BCUT2D eigenvalue weighted by molar-refractivity contribution is 0.844. The molecule has 8 heteroatoms. The van der Waals surface area contributed by atoms with Crippen molar-refractivity contribution >= 4 is 11.0 Å². The zero-order valence-electron chi connectivity index (χ0n) is 19.2. The van der Waals surface area contributed by atoms with Crippen LogP contribution in [0.15, 0.2) is 90.4 Å². The van der Waals surface area contributed by atoms with Crippen LogP contribution in [-0.4, -0.2) is 34.1 Å². The number of nitrogens with zero attached hydrogens (tertiary/aromatic N) is 6. The van der Waals surface area contributed by atoms with Crippen LogP contribution in [0.3, 0.4) is 0 Å². The molecule has 1 N–H and O–H groups in total. The van der Waals surface area contributed by atoms with E-state index in [9.17, 15) is 4.79 Å². The third-order valence-corrected chi connectivity index (χ3v) is 6.05. The lowest BCUT2D eigenvalue weighted by Gasteiger charge is -2.06. The highest BCUT2D eigenvalue weighted by Crippen LogP contribution is 2.34. The Balaban J connectivity index is 1.57. The summed E-state index contributed by atoms with van der Waals surface area (Å²) in [6.07, 6.45) is 8.34. The molecule has 0 fully saturated rings. The van der Waals surface area contributed by atoms with Crippen molar-refractivity contribution in [2.75, 3.05) is 0 Å². The first-order valence-electron chi connectivity index (χ1n) is 11.2. The van der Waals surface area contributed by atoms with Gasteiger partial charge in [0, 0.05) is 36.8 Å². The Morgan fingerprint density at radius 3 is 2.51 bits per heavy atom. The molecule has 8 nitrogen and oxygen atoms in total. The van der Waals surface area contributed by atoms with Gasteiger partial charge in [0.1, 0.15) is 5.69 Å². The number of hydrogen-bond donors (Lipinski definition) is 1. The molecule has 0 amide bonds. The number of pyridine rings is 1. The lowest BCUT2D eigenvalue weighted by atomic mass is 10.0. The molecule has 0 atom stereocenters. The van der Waals surface area contributed by atoms with E-state index in [-0.39, 0.29) is 5.69 Å². The van der Waals surface area contributed by atoms with Gasteiger partial charge in [0.15, 0.2) is 5.82 Å². The minimum Gasteiger partial charge on any atom is -0.336 e. The van der Waals surface area contributed by atoms with E-state index in [4.69, 9.17) is 4.98 Å². The molecule has 35 heavy (non-hydrogen) atoms. The Hall–Kier alpha value is -4.85. The fourth-order valence-electron chi connectivity index (χ4n) is 4.35. The fourth-order valence-corrected chi connectivity index (χ4v) is 4.35. The van der Waals surface area contributed by atoms with Gasteiger partial charge in [-0.15, -0.1) is 0 Å². The van der Waals surface area contributed by atoms with Gasteiger partial charge >= 0.3 is 5.69 Å². The molecule has 0 aliphatic rings. The highest BCUT2D eigenvalue weighted by molar-refractivity contribution is 5.88. The topological polar surface area (TPSA) is 94.3 Å². The smallest absolute Gasteiger partial charge is 0.333 e. The predicted molar refractivity (Wildman–Crippen MR) is 135 cm³/mol. The van der Waals surface area contributed by atoms with E-state index in [1.54, 1.807) is 47.2 Å². The van der Waals surface area contributed by atoms with Crippen molar-refractivity contribution in [2.45, 2.75) is 6.92 Å². The molecule has 6 aromatic rings. The molecule has 0 aliphatic heterocycles. The fraction of sp³-hybridized carbons (Fsp3) is 0.0741. The van der Waals surface area contributed by atoms with Crippen LogP contribution in [0.2, 0.25) is 0 Å². The number of aromatic nitrogens is 7. The molecule has 0 spiro atoms. The van der Waals surface area contributed by atoms with Gasteiger partial charge in [-0.1, -0.05) is 29.8 Å². The highest BCUT2D eigenvalue weighted by atomic mass is 16.1. The van der Waals surface area contributed by atoms with E-state index in [0.29, 0.717) is 11.5 Å². The van der Waals surface area contributed by atoms with Crippen LogP contribution in [0.1, 0.15) is 5.56 Å². The number of benzene rings is 2. The quantitative estimate of drug-likeness (QED) is 0.417. The van der Waals surface area contributed by atoms with Crippen LogP contribution in [0.25, 0.3) is 50.8 Å². The summed E-state index contributed by atoms with van der Waals surface area (Å²) in [5.74, 6) is 0.631. The van der Waals surface area contributed by atoms with Crippen molar-refractivity contribution in [1.29, 1.82) is 0 Å². The van der Waals surface area contributed by atoms with Crippen molar-refractivity contribution in [1.82, 2.24) is 34.1 Å². The average molecular weight is 460 g/mol. The first kappa shape index (κ1) is 20.7. The molecule has 4 heterocycles. The van der Waals surface area contributed by atoms with Gasteiger partial charge < -0.3 is 4.98 Å². The average Bonchev–Trinajstić information content (AvgIpc) is 3.45. The van der Waals surface area contributed by atoms with Crippen molar-refractivity contribution in [2.24, 2.45) is 7.05 Å². The molecule has 2 aromatic carbocycles. The second kappa shape index (κ2) is 8.18. The van der Waals surface area contributed by atoms with Crippen LogP contribution in [0.4, 0.5) is 0 Å². The number of aryl methyl sites for hydroxylation is 2. The molecule has 0 aliphatic carbocycles. The number of H-pyrrole nitrogens is 1. The summed E-state index contributed by atoms with van der Waals surface area (Å²) in [4.78, 5) is 34.2. The zero-order valence-corrected chi connectivity index (χ0v) is 19.2. The van der Waals surface area contributed by atoms with Crippen LogP contribution < -0.4 is 5.69 Å². The Morgan fingerprint density at radius 2 is 1.74 bits per heavy atom. The maximum atomic E-state index is 13.1. The van der Waals surface area contributed by atoms with E-state index < -0.39 is 0 Å². The van der Waals surface area contributed by atoms with E-state index >= 15 is 0 Å². The monoisotopic (exact) mass is 459 g/mol. The van der Waals surface area contributed by atoms with Crippen LogP contribution in [0, 0.1) is 6.92 Å². The molecule has 170 valence electrons. The summed E-state index contributed by atoms with van der Waals surface area (Å²) in [5.41, 5.74) is 7.56. The van der Waals surface area contributed by atoms with Crippen LogP contribution in [-0.2, 0) is 7.05 Å². The van der Waals surface area contributed by atoms with Crippen molar-refractivity contribution in [3.05, 3.63) is 102 Å². The van der Waals surface area contributed by atoms with E-state index in [1.807, 2.05) is 36.4 Å². The Kier molecular flexibility index (Phi) is 4.84. The summed E-state index contributed by atoms with van der Waals surface area (Å²) in [6.45, 7) is 2.06. The number of nitrogens with one attached hydrogen (secondary N) is 1. The van der Waals surface area contributed by atoms with E-state index in [1.165, 1.54) is 0 Å². The van der Waals surface area contributed by atoms with Gasteiger partial charge in [-0.2, -0.15) is 0 Å². The summed E-state index contributed by atoms with van der Waals surface area (Å²) >= 11 is 0. The third kappa shape index (κ3) is 3.52. The van der Waals surface area contributed by atoms with Gasteiger partial charge in [0.05, 0.1) is 40.5 Å². The maximum absolute atomic E-state index is 13.1. The number of imidazole rings is 2. The minimum absolute atomic E-state index is 0.133. The summed E-state index contributed by atoms with van der Waals surface area (Å²) < 4.78 is 3.32. The molecule has 0 radical (unpaired) electrons. The largest absolute Gasteiger partial charge is 0.336 e. The highest BCUT2D eigenvalue weighted by Gasteiger charge is 2.19. The molecule has 0 saturated carbocycles. The second-order valence-electron chi connectivity index (χ2n) is 8.36. The Morgan fingerprint density at radius 1 is 0.857 bits per heavy atom. The second-order valence-corrected chi connectivity index (χ2v) is 8.36. The molecular weight excluding hydrogens is 438 g/mol. The molecule has 4 aromatic heterocycles. The molecule has 0 bridgehead atoms. The van der Waals surface area contributed by atoms with Crippen molar-refractivity contribution in [3.8, 4) is 39.7 Å². The van der Waals surface area contributed by atoms with E-state index in [0.717, 1.165) is 44.8 Å². The normalized spacial score (nSPS) is 11.3. The molecule has 6 rings (SSSR count). The van der Waals surface area contributed by atoms with Gasteiger partial charge in [-0.25, -0.2) is 14.8 Å². The van der Waals surface area contributed by atoms with Gasteiger partial charge in [0.25, 0.3) is 0 Å². The molecule has 0 unspecified atom stereocenters. The van der Waals surface area contributed by atoms with Crippen molar-refractivity contribution in [3.63, 3.8) is 0 Å². The Bertz CT molecular complexity index is 1730. The summed E-state index contributed by atoms with van der Waals surface area (Å²) in [6, 6.07) is 17.9. The summed E-state index contributed by atoms with van der Waals surface area (Å²) in [7, 11) is 1.78. The van der Waals surface area contributed by atoms with E-state index in [2.05, 4.69) is 45.1 Å². The predicted octanol–water partition coefficient (Wildman–Crippen LogP) is 4.55. The van der Waals surface area contributed by atoms with Crippen LogP contribution in [0.5, 0.6) is 0 Å². The standard InChI is InChI=1S/C27H21N7O/c1-17-5-3-6-18(13-17)24-25(32-26(31-24)21-16-29-11-12-30-21)19-8-9-22-23(14-19)33(2)27(35)34(22)20-7-4-10-28-15-20/h3-16H,1-2H3,(H,31,32). The first-order chi connectivity index (χ1) is 17.1. The number of fused-ring (bicyclic) bond motifs is 1. The SMILES string of the molecule is Cc1cccc(-c2[nH]c(-c3cnccn3)nc2-c2ccc3c(c2)n(C)c(=O)n3-c2cccnc2)c1. The lowest BCUT2D eigenvalue weighted by Crippen LogP contribution is -2.20. The van der Waals surface area contributed by atoms with Crippen LogP contribution >= 0.6 is 0 Å². The van der Waals surface area contributed by atoms with Gasteiger partial charge in [-0.3, -0.25) is 19.1 Å². The number of aromatic amines is 1.